The lowest BCUT2D eigenvalue weighted by atomic mass is 10.0. The summed E-state index contributed by atoms with van der Waals surface area (Å²) in [6, 6.07) is 19.1. The number of fused-ring (bicyclic) bond motifs is 3. The molecule has 1 aliphatic rings. The van der Waals surface area contributed by atoms with E-state index in [4.69, 9.17) is 11.6 Å². The number of halogens is 1. The van der Waals surface area contributed by atoms with Crippen LogP contribution in [0.15, 0.2) is 77.0 Å². The molecule has 1 N–H and O–H groups in total. The highest BCUT2D eigenvalue weighted by Gasteiger charge is 2.19. The summed E-state index contributed by atoms with van der Waals surface area (Å²) >= 11 is 6.04. The van der Waals surface area contributed by atoms with E-state index in [-0.39, 0.29) is 0 Å². The topological polar surface area (TPSA) is 56.6 Å². The average molecular weight is 472 g/mol. The van der Waals surface area contributed by atoms with Crippen molar-refractivity contribution in [2.45, 2.75) is 32.9 Å². The fourth-order valence-corrected chi connectivity index (χ4v) is 4.45. The molecule has 0 aliphatic carbocycles. The molecule has 0 saturated heterocycles. The highest BCUT2D eigenvalue weighted by molar-refractivity contribution is 6.30. The largest absolute Gasteiger partial charge is 0.358 e. The van der Waals surface area contributed by atoms with Gasteiger partial charge in [0, 0.05) is 60.4 Å². The molecule has 0 fully saturated rings. The minimum atomic E-state index is 0.794. The van der Waals surface area contributed by atoms with Crippen LogP contribution >= 0.6 is 11.6 Å². The van der Waals surface area contributed by atoms with Crippen LogP contribution in [0.1, 0.15) is 30.2 Å². The van der Waals surface area contributed by atoms with Crippen molar-refractivity contribution in [1.29, 1.82) is 0 Å². The van der Waals surface area contributed by atoms with Gasteiger partial charge in [0.2, 0.25) is 0 Å². The second-order valence-electron chi connectivity index (χ2n) is 8.30. The van der Waals surface area contributed by atoms with Crippen molar-refractivity contribution in [1.82, 2.24) is 14.9 Å². The summed E-state index contributed by atoms with van der Waals surface area (Å²) in [5.41, 5.74) is 7.82. The van der Waals surface area contributed by atoms with Crippen LogP contribution in [0.4, 0.5) is 0 Å². The number of H-pyrrole nitrogens is 1. The first-order chi connectivity index (χ1) is 16.7. The summed E-state index contributed by atoms with van der Waals surface area (Å²) < 4.78 is 0. The Morgan fingerprint density at radius 1 is 1.06 bits per heavy atom. The van der Waals surface area contributed by atoms with Crippen molar-refractivity contribution in [3.8, 4) is 11.1 Å². The molecule has 1 aliphatic heterocycles. The van der Waals surface area contributed by atoms with Crippen molar-refractivity contribution in [2.75, 3.05) is 13.6 Å². The Morgan fingerprint density at radius 3 is 2.56 bits per heavy atom. The number of aromatic amines is 1. The Bertz CT molecular complexity index is 1250. The molecule has 174 valence electrons. The van der Waals surface area contributed by atoms with Crippen molar-refractivity contribution in [3.63, 3.8) is 0 Å². The quantitative estimate of drug-likeness (QED) is 0.270. The average Bonchev–Trinajstić information content (AvgIpc) is 3.08. The zero-order valence-electron chi connectivity index (χ0n) is 19.7. The van der Waals surface area contributed by atoms with Crippen molar-refractivity contribution >= 4 is 35.1 Å². The molecule has 0 radical (unpaired) electrons. The molecular formula is C28H30ClN5. The Kier molecular flexibility index (Phi) is 8.23. The van der Waals surface area contributed by atoms with Crippen LogP contribution in [0.5, 0.6) is 0 Å². The van der Waals surface area contributed by atoms with Crippen LogP contribution < -0.4 is 0 Å². The van der Waals surface area contributed by atoms with E-state index in [2.05, 4.69) is 67.3 Å². The third kappa shape index (κ3) is 5.99. The molecule has 0 atom stereocenters. The van der Waals surface area contributed by atoms with Gasteiger partial charge in [0.15, 0.2) is 0 Å². The summed E-state index contributed by atoms with van der Waals surface area (Å²) in [6.07, 6.45) is 9.17. The molecule has 0 unspecified atom stereocenters. The monoisotopic (exact) mass is 471 g/mol. The van der Waals surface area contributed by atoms with Gasteiger partial charge in [0.25, 0.3) is 0 Å². The molecule has 0 saturated carbocycles. The molecule has 6 heteroatoms. The van der Waals surface area contributed by atoms with E-state index < -0.39 is 0 Å². The second-order valence-corrected chi connectivity index (χ2v) is 8.74. The van der Waals surface area contributed by atoms with Crippen LogP contribution in [-0.4, -0.2) is 41.0 Å². The SMILES string of the molecule is CC=NC=NC.Clc1ccc(CN2CCCc3[nH]c4ccc(-c5ccncc5)cc4c3C2)cc1. The maximum Gasteiger partial charge on any atom is 0.109 e. The van der Waals surface area contributed by atoms with Gasteiger partial charge in [-0.1, -0.05) is 29.8 Å². The number of aliphatic imine (C=N–C) groups is 2. The second kappa shape index (κ2) is 11.7. The highest BCUT2D eigenvalue weighted by atomic mass is 35.5. The first kappa shape index (κ1) is 23.9. The number of benzene rings is 2. The third-order valence-electron chi connectivity index (χ3n) is 5.94. The summed E-state index contributed by atoms with van der Waals surface area (Å²) in [5, 5.41) is 2.13. The number of nitrogens with zero attached hydrogens (tertiary/aromatic N) is 4. The lowest BCUT2D eigenvalue weighted by Gasteiger charge is -2.20. The molecular weight excluding hydrogens is 442 g/mol. The number of nitrogens with one attached hydrogen (secondary N) is 1. The van der Waals surface area contributed by atoms with Gasteiger partial charge in [-0.2, -0.15) is 0 Å². The van der Waals surface area contributed by atoms with Gasteiger partial charge < -0.3 is 4.98 Å². The van der Waals surface area contributed by atoms with Gasteiger partial charge in [-0.3, -0.25) is 19.9 Å². The van der Waals surface area contributed by atoms with E-state index in [0.717, 1.165) is 31.1 Å². The van der Waals surface area contributed by atoms with Crippen molar-refractivity contribution < 1.29 is 0 Å². The summed E-state index contributed by atoms with van der Waals surface area (Å²) in [6.45, 7) is 4.88. The maximum absolute atomic E-state index is 6.04. The van der Waals surface area contributed by atoms with E-state index in [1.165, 1.54) is 51.6 Å². The molecule has 5 nitrogen and oxygen atoms in total. The van der Waals surface area contributed by atoms with E-state index in [9.17, 15) is 0 Å². The number of aryl methyl sites for hydroxylation is 1. The number of aromatic nitrogens is 2. The summed E-state index contributed by atoms with van der Waals surface area (Å²) in [7, 11) is 1.69. The minimum Gasteiger partial charge on any atom is -0.358 e. The molecule has 2 aromatic carbocycles. The van der Waals surface area contributed by atoms with Gasteiger partial charge >= 0.3 is 0 Å². The zero-order chi connectivity index (χ0) is 23.8. The fraction of sp³-hybridized carbons (Fsp3) is 0.250. The third-order valence-corrected chi connectivity index (χ3v) is 6.19. The van der Waals surface area contributed by atoms with Crippen LogP contribution in [0.3, 0.4) is 0 Å². The Hall–Kier alpha value is -3.28. The van der Waals surface area contributed by atoms with Crippen LogP contribution in [0.25, 0.3) is 22.0 Å². The zero-order valence-corrected chi connectivity index (χ0v) is 20.5. The van der Waals surface area contributed by atoms with Crippen LogP contribution in [0, 0.1) is 0 Å². The lowest BCUT2D eigenvalue weighted by molar-refractivity contribution is 0.262. The number of hydrogen-bond acceptors (Lipinski definition) is 3. The summed E-state index contributed by atoms with van der Waals surface area (Å²) in [4.78, 5) is 17.6. The van der Waals surface area contributed by atoms with E-state index >= 15 is 0 Å². The van der Waals surface area contributed by atoms with Crippen molar-refractivity contribution in [2.24, 2.45) is 9.98 Å². The molecule has 4 aromatic rings. The normalized spacial score (nSPS) is 14.2. The smallest absolute Gasteiger partial charge is 0.109 e. The fourth-order valence-electron chi connectivity index (χ4n) is 4.32. The predicted octanol–water partition coefficient (Wildman–Crippen LogP) is 6.57. The first-order valence-corrected chi connectivity index (χ1v) is 11.9. The number of hydrogen-bond donors (Lipinski definition) is 1. The molecule has 0 spiro atoms. The number of pyridine rings is 1. The van der Waals surface area contributed by atoms with Gasteiger partial charge in [-0.15, -0.1) is 0 Å². The molecule has 0 amide bonds. The minimum absolute atomic E-state index is 0.794. The first-order valence-electron chi connectivity index (χ1n) is 11.6. The molecule has 0 bridgehead atoms. The molecule has 34 heavy (non-hydrogen) atoms. The lowest BCUT2D eigenvalue weighted by Crippen LogP contribution is -2.22. The Morgan fingerprint density at radius 2 is 1.85 bits per heavy atom. The van der Waals surface area contributed by atoms with Crippen LogP contribution in [0.2, 0.25) is 5.02 Å². The van der Waals surface area contributed by atoms with Gasteiger partial charge in [-0.05, 0) is 85.0 Å². The Balaban J connectivity index is 0.000000408. The molecule has 3 heterocycles. The highest BCUT2D eigenvalue weighted by Crippen LogP contribution is 2.31. The Labute approximate surface area is 206 Å². The van der Waals surface area contributed by atoms with Gasteiger partial charge in [-0.25, -0.2) is 0 Å². The predicted molar refractivity (Wildman–Crippen MR) is 144 cm³/mol. The standard InChI is InChI=1S/C24H22ClN3.C4H8N2/c25-20-6-3-17(4-7-20)15-28-13-1-2-23-22(16-28)21-14-19(5-8-24(21)27-23)18-9-11-26-12-10-18;1-3-6-4-5-2/h3-12,14,27H,1-2,13,15-16H2;3-4H,1-2H3. The maximum atomic E-state index is 6.04. The number of rotatable bonds is 4. The van der Waals surface area contributed by atoms with E-state index in [1.54, 1.807) is 13.3 Å². The van der Waals surface area contributed by atoms with Crippen molar-refractivity contribution in [3.05, 3.63) is 88.8 Å². The van der Waals surface area contributed by atoms with Crippen LogP contribution in [-0.2, 0) is 19.5 Å². The molecule has 2 aromatic heterocycles. The van der Waals surface area contributed by atoms with Gasteiger partial charge in [0.1, 0.15) is 6.34 Å². The van der Waals surface area contributed by atoms with E-state index in [0.29, 0.717) is 0 Å². The van der Waals surface area contributed by atoms with Gasteiger partial charge in [0.05, 0.1) is 0 Å². The molecule has 5 rings (SSSR count). The summed E-state index contributed by atoms with van der Waals surface area (Å²) in [5.74, 6) is 0. The van der Waals surface area contributed by atoms with E-state index in [1.807, 2.05) is 31.5 Å².